The van der Waals surface area contributed by atoms with Gasteiger partial charge >= 0.3 is 5.97 Å². The van der Waals surface area contributed by atoms with Crippen molar-refractivity contribution in [2.75, 3.05) is 11.1 Å². The number of anilines is 2. The van der Waals surface area contributed by atoms with Crippen LogP contribution in [0.1, 0.15) is 20.7 Å². The minimum absolute atomic E-state index is 0.139. The lowest BCUT2D eigenvalue weighted by atomic mass is 9.94. The maximum absolute atomic E-state index is 13.3. The quantitative estimate of drug-likeness (QED) is 0.377. The van der Waals surface area contributed by atoms with Crippen molar-refractivity contribution >= 4 is 23.3 Å². The first-order chi connectivity index (χ1) is 15.1. The highest BCUT2D eigenvalue weighted by atomic mass is 16.4. The van der Waals surface area contributed by atoms with Crippen LogP contribution in [0.4, 0.5) is 11.4 Å². The Morgan fingerprint density at radius 2 is 1.10 bits per heavy atom. The Bertz CT molecular complexity index is 1280. The summed E-state index contributed by atoms with van der Waals surface area (Å²) in [5.74, 6) is -1.38. The molecule has 0 atom stereocenters. The second-order valence-corrected chi connectivity index (χ2v) is 6.98. The van der Waals surface area contributed by atoms with Crippen LogP contribution in [0.2, 0.25) is 0 Å². The molecule has 0 aromatic heterocycles. The van der Waals surface area contributed by atoms with Gasteiger partial charge in [0.15, 0.2) is 0 Å². The number of rotatable bonds is 5. The molecule has 31 heavy (non-hydrogen) atoms. The number of para-hydroxylation sites is 2. The predicted molar refractivity (Wildman–Crippen MR) is 123 cm³/mol. The van der Waals surface area contributed by atoms with Crippen molar-refractivity contribution < 1.29 is 14.7 Å². The van der Waals surface area contributed by atoms with Gasteiger partial charge in [-0.3, -0.25) is 4.79 Å². The van der Waals surface area contributed by atoms with Crippen molar-refractivity contribution in [1.82, 2.24) is 0 Å². The summed E-state index contributed by atoms with van der Waals surface area (Å²) in [5.41, 5.74) is 10.6. The highest BCUT2D eigenvalue weighted by Crippen LogP contribution is 2.33. The van der Waals surface area contributed by atoms with Crippen LogP contribution in [0, 0.1) is 0 Å². The molecule has 0 radical (unpaired) electrons. The van der Waals surface area contributed by atoms with E-state index in [0.717, 1.165) is 11.1 Å². The number of aromatic carboxylic acids is 1. The van der Waals surface area contributed by atoms with E-state index in [2.05, 4.69) is 5.32 Å². The first kappa shape index (κ1) is 19.9. The van der Waals surface area contributed by atoms with Crippen LogP contribution in [0.5, 0.6) is 0 Å². The van der Waals surface area contributed by atoms with Crippen LogP contribution < -0.4 is 11.1 Å². The average molecular weight is 408 g/mol. The monoisotopic (exact) mass is 408 g/mol. The number of nitrogens with one attached hydrogen (secondary N) is 1. The molecule has 152 valence electrons. The highest BCUT2D eigenvalue weighted by molar-refractivity contribution is 6.11. The largest absolute Gasteiger partial charge is 0.478 e. The number of hydrogen-bond donors (Lipinski definition) is 3. The maximum atomic E-state index is 13.3. The van der Waals surface area contributed by atoms with Crippen molar-refractivity contribution in [1.29, 1.82) is 0 Å². The lowest BCUT2D eigenvalue weighted by Crippen LogP contribution is -2.14. The average Bonchev–Trinajstić information content (AvgIpc) is 2.80. The van der Waals surface area contributed by atoms with Crippen molar-refractivity contribution in [3.63, 3.8) is 0 Å². The van der Waals surface area contributed by atoms with Crippen LogP contribution in [0.3, 0.4) is 0 Å². The smallest absolute Gasteiger partial charge is 0.336 e. The van der Waals surface area contributed by atoms with Gasteiger partial charge in [0.1, 0.15) is 0 Å². The first-order valence-corrected chi connectivity index (χ1v) is 9.73. The molecule has 4 rings (SSSR count). The summed E-state index contributed by atoms with van der Waals surface area (Å²) < 4.78 is 0. The van der Waals surface area contributed by atoms with Gasteiger partial charge in [-0.15, -0.1) is 0 Å². The summed E-state index contributed by atoms with van der Waals surface area (Å²) in [5, 5.41) is 12.5. The third-order valence-electron chi connectivity index (χ3n) is 5.05. The van der Waals surface area contributed by atoms with Gasteiger partial charge in [0.05, 0.1) is 5.56 Å². The molecule has 4 N–H and O–H groups in total. The third-order valence-corrected chi connectivity index (χ3v) is 5.05. The molecular weight excluding hydrogens is 388 g/mol. The van der Waals surface area contributed by atoms with Gasteiger partial charge in [-0.1, -0.05) is 72.8 Å². The fourth-order valence-electron chi connectivity index (χ4n) is 3.58. The van der Waals surface area contributed by atoms with E-state index in [-0.39, 0.29) is 11.5 Å². The maximum Gasteiger partial charge on any atom is 0.336 e. The van der Waals surface area contributed by atoms with Crippen LogP contribution in [0.25, 0.3) is 22.3 Å². The molecule has 5 nitrogen and oxygen atoms in total. The van der Waals surface area contributed by atoms with Gasteiger partial charge in [-0.25, -0.2) is 4.79 Å². The van der Waals surface area contributed by atoms with Crippen molar-refractivity contribution in [2.45, 2.75) is 0 Å². The standard InChI is InChI=1S/C26H20N2O3/c27-23-15-7-5-11-19(23)20-12-6-8-16-24(20)28-25(29)21-13-3-1-9-17(21)18-10-2-4-14-22(18)26(30)31/h1-16H,27H2,(H,28,29)(H,30,31). The Hall–Kier alpha value is -4.38. The first-order valence-electron chi connectivity index (χ1n) is 9.73. The molecule has 0 aliphatic heterocycles. The molecule has 0 unspecified atom stereocenters. The summed E-state index contributed by atoms with van der Waals surface area (Å²) in [6.45, 7) is 0. The molecule has 0 fully saturated rings. The van der Waals surface area contributed by atoms with E-state index in [1.54, 1.807) is 42.5 Å². The molecule has 0 saturated heterocycles. The number of amides is 1. The number of nitrogens with two attached hydrogens (primary N) is 1. The van der Waals surface area contributed by atoms with E-state index in [1.165, 1.54) is 6.07 Å². The van der Waals surface area contributed by atoms with Gasteiger partial charge in [-0.05, 0) is 35.4 Å². The van der Waals surface area contributed by atoms with Crippen molar-refractivity contribution in [3.8, 4) is 22.3 Å². The summed E-state index contributed by atoms with van der Waals surface area (Å²) in [4.78, 5) is 25.0. The van der Waals surface area contributed by atoms with Crippen molar-refractivity contribution in [3.05, 3.63) is 108 Å². The van der Waals surface area contributed by atoms with Crippen molar-refractivity contribution in [2.24, 2.45) is 0 Å². The Morgan fingerprint density at radius 1 is 0.613 bits per heavy atom. The molecule has 5 heteroatoms. The number of carboxylic acids is 1. The fourth-order valence-corrected chi connectivity index (χ4v) is 3.58. The Balaban J connectivity index is 1.75. The van der Waals surface area contributed by atoms with Gasteiger partial charge in [0, 0.05) is 28.1 Å². The van der Waals surface area contributed by atoms with Crippen LogP contribution in [-0.4, -0.2) is 17.0 Å². The number of carbonyl (C=O) groups excluding carboxylic acids is 1. The summed E-state index contributed by atoms with van der Waals surface area (Å²) in [7, 11) is 0. The minimum atomic E-state index is -1.05. The predicted octanol–water partition coefficient (Wildman–Crippen LogP) is 5.55. The fraction of sp³-hybridized carbons (Fsp3) is 0. The van der Waals surface area contributed by atoms with E-state index in [0.29, 0.717) is 28.1 Å². The van der Waals surface area contributed by atoms with Gasteiger partial charge in [0.25, 0.3) is 5.91 Å². The van der Waals surface area contributed by atoms with Gasteiger partial charge < -0.3 is 16.2 Å². The van der Waals surface area contributed by atoms with E-state index in [9.17, 15) is 14.7 Å². The lowest BCUT2D eigenvalue weighted by Gasteiger charge is -2.15. The molecule has 0 bridgehead atoms. The molecule has 1 amide bonds. The second-order valence-electron chi connectivity index (χ2n) is 6.98. The second kappa shape index (κ2) is 8.55. The molecular formula is C26H20N2O3. The Morgan fingerprint density at radius 3 is 1.74 bits per heavy atom. The normalized spacial score (nSPS) is 10.5. The van der Waals surface area contributed by atoms with E-state index in [4.69, 9.17) is 5.73 Å². The molecule has 4 aromatic rings. The third kappa shape index (κ3) is 4.02. The molecule has 0 spiro atoms. The molecule has 0 aliphatic carbocycles. The summed E-state index contributed by atoms with van der Waals surface area (Å²) >= 11 is 0. The van der Waals surface area contributed by atoms with Crippen LogP contribution in [0.15, 0.2) is 97.1 Å². The topological polar surface area (TPSA) is 92.4 Å². The molecule has 0 aliphatic rings. The zero-order valence-corrected chi connectivity index (χ0v) is 16.6. The van der Waals surface area contributed by atoms with Crippen LogP contribution >= 0.6 is 0 Å². The summed E-state index contributed by atoms with van der Waals surface area (Å²) in [6.07, 6.45) is 0. The Labute approximate surface area is 179 Å². The zero-order valence-electron chi connectivity index (χ0n) is 16.6. The number of benzene rings is 4. The Kier molecular flexibility index (Phi) is 5.49. The van der Waals surface area contributed by atoms with Gasteiger partial charge in [-0.2, -0.15) is 0 Å². The van der Waals surface area contributed by atoms with E-state index >= 15 is 0 Å². The van der Waals surface area contributed by atoms with Crippen LogP contribution in [-0.2, 0) is 0 Å². The van der Waals surface area contributed by atoms with Gasteiger partial charge in [0.2, 0.25) is 0 Å². The number of carboxylic acid groups (broad SMARTS) is 1. The number of nitrogen functional groups attached to an aromatic ring is 1. The number of carbonyl (C=O) groups is 2. The van der Waals surface area contributed by atoms with E-state index in [1.807, 2.05) is 48.5 Å². The highest BCUT2D eigenvalue weighted by Gasteiger charge is 2.18. The summed E-state index contributed by atoms with van der Waals surface area (Å²) in [6, 6.07) is 28.5. The molecule has 4 aromatic carbocycles. The number of hydrogen-bond acceptors (Lipinski definition) is 3. The molecule has 0 heterocycles. The molecule has 0 saturated carbocycles. The lowest BCUT2D eigenvalue weighted by molar-refractivity contribution is 0.0697. The van der Waals surface area contributed by atoms with E-state index < -0.39 is 5.97 Å². The minimum Gasteiger partial charge on any atom is -0.478 e. The zero-order chi connectivity index (χ0) is 21.8. The SMILES string of the molecule is Nc1ccccc1-c1ccccc1NC(=O)c1ccccc1-c1ccccc1C(=O)O.